The van der Waals surface area contributed by atoms with E-state index in [-0.39, 0.29) is 6.61 Å². The van der Waals surface area contributed by atoms with E-state index >= 15 is 0 Å². The van der Waals surface area contributed by atoms with Crippen LogP contribution >= 0.6 is 0 Å². The first kappa shape index (κ1) is 8.87. The normalized spacial score (nSPS) is 11.8. The van der Waals surface area contributed by atoms with E-state index in [4.69, 9.17) is 0 Å². The van der Waals surface area contributed by atoms with E-state index in [9.17, 15) is 8.42 Å². The zero-order valence-corrected chi connectivity index (χ0v) is 6.27. The van der Waals surface area contributed by atoms with Crippen LogP contribution in [0.3, 0.4) is 0 Å². The van der Waals surface area contributed by atoms with Gasteiger partial charge in [0, 0.05) is 0 Å². The summed E-state index contributed by atoms with van der Waals surface area (Å²) in [5.41, 5.74) is 0. The molecular weight excluding hydrogens is 144 g/mol. The summed E-state index contributed by atoms with van der Waals surface area (Å²) >= 11 is 0. The van der Waals surface area contributed by atoms with Gasteiger partial charge >= 0.3 is 10.4 Å². The molecule has 0 spiro atoms. The first-order chi connectivity index (χ1) is 4.12. The van der Waals surface area contributed by atoms with E-state index in [1.54, 1.807) is 0 Å². The second-order valence-corrected chi connectivity index (χ2v) is 2.78. The molecule has 0 heterocycles. The Morgan fingerprint density at radius 2 is 2.00 bits per heavy atom. The molecule has 0 bridgehead atoms. The van der Waals surface area contributed by atoms with Gasteiger partial charge in [0.1, 0.15) is 0 Å². The Labute approximate surface area is 55.1 Å². The fourth-order valence-electron chi connectivity index (χ4n) is 0.234. The Balaban J connectivity index is 3.61. The Hall–Kier alpha value is -0.130. The summed E-state index contributed by atoms with van der Waals surface area (Å²) in [6.45, 7) is 1.99. The van der Waals surface area contributed by atoms with Crippen LogP contribution in [0.2, 0.25) is 0 Å². The van der Waals surface area contributed by atoms with Gasteiger partial charge < -0.3 is 0 Å². The third-order valence-electron chi connectivity index (χ3n) is 0.636. The average Bonchev–Trinajstić information content (AvgIpc) is 1.84. The highest BCUT2D eigenvalue weighted by Crippen LogP contribution is 1.92. The molecule has 0 radical (unpaired) electrons. The first-order valence-electron chi connectivity index (χ1n) is 2.57. The van der Waals surface area contributed by atoms with Gasteiger partial charge in [0.15, 0.2) is 0 Å². The predicted molar refractivity (Wildman–Crippen MR) is 32.2 cm³/mol. The molecule has 0 atom stereocenters. The summed E-state index contributed by atoms with van der Waals surface area (Å²) in [5.74, 6) is 0. The Morgan fingerprint density at radius 1 is 1.44 bits per heavy atom. The van der Waals surface area contributed by atoms with Crippen LogP contribution in [0.15, 0.2) is 0 Å². The summed E-state index contributed by atoms with van der Waals surface area (Å²) in [6, 6.07) is 0. The average molecular weight is 154 g/mol. The molecule has 0 unspecified atom stereocenters. The van der Waals surface area contributed by atoms with Crippen molar-refractivity contribution in [2.24, 2.45) is 0 Å². The van der Waals surface area contributed by atoms with E-state index in [1.807, 2.05) is 6.92 Å². The maximum Gasteiger partial charge on any atom is 0.399 e. The van der Waals surface area contributed by atoms with E-state index in [2.05, 4.69) is 8.37 Å². The molecule has 0 aliphatic rings. The Morgan fingerprint density at radius 3 is 2.33 bits per heavy atom. The van der Waals surface area contributed by atoms with Gasteiger partial charge in [0.05, 0.1) is 13.7 Å². The molecule has 0 saturated carbocycles. The molecule has 56 valence electrons. The quantitative estimate of drug-likeness (QED) is 0.584. The van der Waals surface area contributed by atoms with Crippen LogP contribution in [-0.4, -0.2) is 22.1 Å². The van der Waals surface area contributed by atoms with Gasteiger partial charge in [-0.2, -0.15) is 8.42 Å². The number of hydrogen-bond donors (Lipinski definition) is 0. The van der Waals surface area contributed by atoms with Crippen LogP contribution in [0.4, 0.5) is 0 Å². The van der Waals surface area contributed by atoms with Crippen molar-refractivity contribution in [2.45, 2.75) is 13.3 Å². The second kappa shape index (κ2) is 3.81. The topological polar surface area (TPSA) is 52.6 Å². The van der Waals surface area contributed by atoms with Crippen LogP contribution in [0, 0.1) is 0 Å². The monoisotopic (exact) mass is 154 g/mol. The third-order valence-corrected chi connectivity index (χ3v) is 1.50. The molecular formula is C4H10O4S. The van der Waals surface area contributed by atoms with Crippen molar-refractivity contribution in [3.8, 4) is 0 Å². The summed E-state index contributed by atoms with van der Waals surface area (Å²) in [7, 11) is -2.62. The maximum absolute atomic E-state index is 10.3. The van der Waals surface area contributed by atoms with Gasteiger partial charge in [-0.1, -0.05) is 6.92 Å². The lowest BCUT2D eigenvalue weighted by Gasteiger charge is -1.98. The lowest BCUT2D eigenvalue weighted by atomic mass is 10.5. The van der Waals surface area contributed by atoms with Crippen molar-refractivity contribution in [1.82, 2.24) is 0 Å². The van der Waals surface area contributed by atoms with Crippen LogP contribution in [-0.2, 0) is 18.8 Å². The molecule has 0 amide bonds. The van der Waals surface area contributed by atoms with Crippen molar-refractivity contribution in [1.29, 1.82) is 0 Å². The van der Waals surface area contributed by atoms with E-state index < -0.39 is 10.4 Å². The summed E-state index contributed by atoms with van der Waals surface area (Å²) < 4.78 is 28.9. The molecule has 0 saturated heterocycles. The molecule has 0 rings (SSSR count). The summed E-state index contributed by atoms with van der Waals surface area (Å²) in [4.78, 5) is 0. The van der Waals surface area contributed by atoms with Gasteiger partial charge in [0.2, 0.25) is 0 Å². The van der Waals surface area contributed by atoms with Gasteiger partial charge in [0.25, 0.3) is 0 Å². The predicted octanol–water partition coefficient (Wildman–Crippen LogP) is 0.304. The molecule has 0 aliphatic carbocycles. The number of hydrogen-bond acceptors (Lipinski definition) is 4. The van der Waals surface area contributed by atoms with Crippen molar-refractivity contribution in [2.75, 3.05) is 13.7 Å². The van der Waals surface area contributed by atoms with Crippen molar-refractivity contribution < 1.29 is 16.8 Å². The van der Waals surface area contributed by atoms with Crippen LogP contribution < -0.4 is 0 Å². The maximum atomic E-state index is 10.3. The molecule has 0 aromatic heterocycles. The largest absolute Gasteiger partial charge is 0.399 e. The van der Waals surface area contributed by atoms with Gasteiger partial charge in [-0.3, -0.25) is 4.18 Å². The number of rotatable bonds is 4. The minimum atomic E-state index is -3.68. The summed E-state index contributed by atoms with van der Waals surface area (Å²) in [6.07, 6.45) is 0.655. The lowest BCUT2D eigenvalue weighted by molar-refractivity contribution is 0.244. The van der Waals surface area contributed by atoms with Crippen LogP contribution in [0.25, 0.3) is 0 Å². The highest BCUT2D eigenvalue weighted by atomic mass is 32.3. The van der Waals surface area contributed by atoms with Gasteiger partial charge in [-0.25, -0.2) is 4.18 Å². The molecule has 4 nitrogen and oxygen atoms in total. The molecule has 0 aromatic rings. The van der Waals surface area contributed by atoms with E-state index in [1.165, 1.54) is 0 Å². The molecule has 0 aromatic carbocycles. The summed E-state index contributed by atoms with van der Waals surface area (Å²) in [5, 5.41) is 0. The molecule has 5 heteroatoms. The van der Waals surface area contributed by atoms with Gasteiger partial charge in [-0.15, -0.1) is 0 Å². The van der Waals surface area contributed by atoms with Crippen LogP contribution in [0.1, 0.15) is 13.3 Å². The Bertz CT molecular complexity index is 148. The van der Waals surface area contributed by atoms with Crippen molar-refractivity contribution >= 4 is 10.4 Å². The van der Waals surface area contributed by atoms with E-state index in [0.29, 0.717) is 6.42 Å². The zero-order chi connectivity index (χ0) is 7.33. The standard InChI is InChI=1S/C4H10O4S/c1-3-4-8-9(5,6)7-2/h3-4H2,1-2H3. The van der Waals surface area contributed by atoms with Gasteiger partial charge in [-0.05, 0) is 6.42 Å². The smallest absolute Gasteiger partial charge is 0.252 e. The molecule has 9 heavy (non-hydrogen) atoms. The molecule has 0 fully saturated rings. The van der Waals surface area contributed by atoms with Crippen molar-refractivity contribution in [3.63, 3.8) is 0 Å². The van der Waals surface area contributed by atoms with Crippen molar-refractivity contribution in [3.05, 3.63) is 0 Å². The minimum absolute atomic E-state index is 0.177. The highest BCUT2D eigenvalue weighted by molar-refractivity contribution is 7.81. The highest BCUT2D eigenvalue weighted by Gasteiger charge is 2.05. The van der Waals surface area contributed by atoms with Crippen LogP contribution in [0.5, 0.6) is 0 Å². The molecule has 0 N–H and O–H groups in total. The minimum Gasteiger partial charge on any atom is -0.252 e. The zero-order valence-electron chi connectivity index (χ0n) is 5.46. The third kappa shape index (κ3) is 4.38. The first-order valence-corrected chi connectivity index (χ1v) is 3.90. The molecule has 0 aliphatic heterocycles. The fourth-order valence-corrected chi connectivity index (χ4v) is 0.701. The SMILES string of the molecule is CCCOS(=O)(=O)OC. The Kier molecular flexibility index (Phi) is 3.76. The lowest BCUT2D eigenvalue weighted by Crippen LogP contribution is -2.07. The second-order valence-electron chi connectivity index (χ2n) is 1.40. The fraction of sp³-hybridized carbons (Fsp3) is 1.00. The van der Waals surface area contributed by atoms with E-state index in [0.717, 1.165) is 7.11 Å².